The quantitative estimate of drug-likeness (QED) is 0.716. The predicted molar refractivity (Wildman–Crippen MR) is 98.7 cm³/mol. The normalized spacial score (nSPS) is 16.6. The van der Waals surface area contributed by atoms with Crippen molar-refractivity contribution in [1.82, 2.24) is 25.0 Å². The molecule has 0 N–H and O–H groups in total. The molecule has 3 heterocycles. The van der Waals surface area contributed by atoms with Crippen LogP contribution in [0.1, 0.15) is 24.7 Å². The summed E-state index contributed by atoms with van der Waals surface area (Å²) in [6.45, 7) is 7.62. The first-order chi connectivity index (χ1) is 12.7. The van der Waals surface area contributed by atoms with E-state index >= 15 is 0 Å². The Kier molecular flexibility index (Phi) is 4.62. The van der Waals surface area contributed by atoms with E-state index in [1.807, 2.05) is 49.5 Å². The molecule has 1 aliphatic heterocycles. The van der Waals surface area contributed by atoms with Crippen molar-refractivity contribution in [2.24, 2.45) is 0 Å². The summed E-state index contributed by atoms with van der Waals surface area (Å²) in [7, 11) is 0. The molecule has 134 valence electrons. The highest BCUT2D eigenvalue weighted by molar-refractivity contribution is 5.57. The molecule has 7 heteroatoms. The van der Waals surface area contributed by atoms with Gasteiger partial charge >= 0.3 is 0 Å². The van der Waals surface area contributed by atoms with Gasteiger partial charge in [-0.25, -0.2) is 9.97 Å². The lowest BCUT2D eigenvalue weighted by molar-refractivity contribution is 0.188. The van der Waals surface area contributed by atoms with Gasteiger partial charge < -0.3 is 9.42 Å². The van der Waals surface area contributed by atoms with Crippen LogP contribution in [-0.2, 0) is 0 Å². The van der Waals surface area contributed by atoms with E-state index in [0.29, 0.717) is 5.89 Å². The van der Waals surface area contributed by atoms with Crippen LogP contribution >= 0.6 is 0 Å². The summed E-state index contributed by atoms with van der Waals surface area (Å²) in [5.74, 6) is 3.10. The van der Waals surface area contributed by atoms with Crippen LogP contribution in [0.4, 0.5) is 5.82 Å². The predicted octanol–water partition coefficient (Wildman–Crippen LogP) is 2.72. The van der Waals surface area contributed by atoms with E-state index in [9.17, 15) is 0 Å². The van der Waals surface area contributed by atoms with Gasteiger partial charge in [-0.1, -0.05) is 35.5 Å². The van der Waals surface area contributed by atoms with E-state index in [1.54, 1.807) is 0 Å². The maximum absolute atomic E-state index is 5.11. The minimum absolute atomic E-state index is 0.153. The Balaban J connectivity index is 1.43. The Morgan fingerprint density at radius 3 is 2.46 bits per heavy atom. The minimum atomic E-state index is 0.153. The van der Waals surface area contributed by atoms with E-state index in [4.69, 9.17) is 9.51 Å². The standard InChI is InChI=1S/C19H22N6O/c1-14(18-21-15(2)26-23-18)24-10-12-25(13-11-24)17-8-9-20-19(22-17)16-6-4-3-5-7-16/h3-9,14H,10-13H2,1-2H3. The highest BCUT2D eigenvalue weighted by Crippen LogP contribution is 2.22. The summed E-state index contributed by atoms with van der Waals surface area (Å²) in [4.78, 5) is 18.2. The van der Waals surface area contributed by atoms with E-state index in [2.05, 4.69) is 31.8 Å². The van der Waals surface area contributed by atoms with Gasteiger partial charge in [-0.05, 0) is 13.0 Å². The first kappa shape index (κ1) is 16.7. The number of anilines is 1. The third-order valence-corrected chi connectivity index (χ3v) is 4.78. The minimum Gasteiger partial charge on any atom is -0.354 e. The van der Waals surface area contributed by atoms with Crippen molar-refractivity contribution in [2.45, 2.75) is 19.9 Å². The number of aryl methyl sites for hydroxylation is 1. The van der Waals surface area contributed by atoms with E-state index in [0.717, 1.165) is 49.2 Å². The third kappa shape index (κ3) is 3.43. The lowest BCUT2D eigenvalue weighted by Gasteiger charge is -2.37. The van der Waals surface area contributed by atoms with Gasteiger partial charge in [0, 0.05) is 44.9 Å². The summed E-state index contributed by atoms with van der Waals surface area (Å²) >= 11 is 0. The maximum Gasteiger partial charge on any atom is 0.223 e. The molecule has 26 heavy (non-hydrogen) atoms. The molecule has 1 aromatic carbocycles. The lowest BCUT2D eigenvalue weighted by atomic mass is 10.2. The fourth-order valence-corrected chi connectivity index (χ4v) is 3.24. The largest absolute Gasteiger partial charge is 0.354 e. The molecule has 0 amide bonds. The van der Waals surface area contributed by atoms with Crippen molar-refractivity contribution in [3.05, 3.63) is 54.3 Å². The van der Waals surface area contributed by atoms with Crippen LogP contribution in [0, 0.1) is 6.92 Å². The van der Waals surface area contributed by atoms with Crippen molar-refractivity contribution in [2.75, 3.05) is 31.1 Å². The van der Waals surface area contributed by atoms with Crippen molar-refractivity contribution >= 4 is 5.82 Å². The molecule has 1 aliphatic rings. The van der Waals surface area contributed by atoms with Gasteiger partial charge in [-0.2, -0.15) is 4.98 Å². The number of aromatic nitrogens is 4. The van der Waals surface area contributed by atoms with Crippen LogP contribution in [0.5, 0.6) is 0 Å². The lowest BCUT2D eigenvalue weighted by Crippen LogP contribution is -2.47. The molecule has 4 rings (SSSR count). The molecule has 0 saturated carbocycles. The number of hydrogen-bond acceptors (Lipinski definition) is 7. The molecular formula is C19H22N6O. The Bertz CT molecular complexity index is 857. The number of hydrogen-bond donors (Lipinski definition) is 0. The Hall–Kier alpha value is -2.80. The van der Waals surface area contributed by atoms with Crippen LogP contribution in [0.15, 0.2) is 47.1 Å². The second-order valence-corrected chi connectivity index (χ2v) is 6.48. The van der Waals surface area contributed by atoms with Gasteiger partial charge in [-0.3, -0.25) is 4.90 Å². The van der Waals surface area contributed by atoms with Gasteiger partial charge in [0.25, 0.3) is 0 Å². The number of rotatable bonds is 4. The SMILES string of the molecule is Cc1nc(C(C)N2CCN(c3ccnc(-c4ccccc4)n3)CC2)no1. The molecular weight excluding hydrogens is 328 g/mol. The molecule has 1 atom stereocenters. The number of piperazine rings is 1. The Morgan fingerprint density at radius 2 is 1.77 bits per heavy atom. The van der Waals surface area contributed by atoms with Gasteiger partial charge in [0.1, 0.15) is 5.82 Å². The zero-order chi connectivity index (χ0) is 17.9. The van der Waals surface area contributed by atoms with E-state index < -0.39 is 0 Å². The molecule has 1 saturated heterocycles. The second kappa shape index (κ2) is 7.21. The number of nitrogens with zero attached hydrogens (tertiary/aromatic N) is 6. The molecule has 0 spiro atoms. The Labute approximate surface area is 152 Å². The first-order valence-corrected chi connectivity index (χ1v) is 8.88. The molecule has 7 nitrogen and oxygen atoms in total. The fourth-order valence-electron chi connectivity index (χ4n) is 3.24. The maximum atomic E-state index is 5.11. The summed E-state index contributed by atoms with van der Waals surface area (Å²) in [6, 6.07) is 12.2. The monoisotopic (exact) mass is 350 g/mol. The van der Waals surface area contributed by atoms with Crippen molar-refractivity contribution in [3.8, 4) is 11.4 Å². The van der Waals surface area contributed by atoms with Crippen molar-refractivity contribution in [1.29, 1.82) is 0 Å². The molecule has 0 radical (unpaired) electrons. The smallest absolute Gasteiger partial charge is 0.223 e. The molecule has 1 unspecified atom stereocenters. The van der Waals surface area contributed by atoms with E-state index in [1.165, 1.54) is 0 Å². The molecule has 0 bridgehead atoms. The van der Waals surface area contributed by atoms with Gasteiger partial charge in [0.15, 0.2) is 11.6 Å². The molecule has 0 aliphatic carbocycles. The van der Waals surface area contributed by atoms with Gasteiger partial charge in [0.2, 0.25) is 5.89 Å². The third-order valence-electron chi connectivity index (χ3n) is 4.78. The van der Waals surface area contributed by atoms with Crippen LogP contribution in [0.2, 0.25) is 0 Å². The van der Waals surface area contributed by atoms with E-state index in [-0.39, 0.29) is 6.04 Å². The highest BCUT2D eigenvalue weighted by Gasteiger charge is 2.25. The zero-order valence-electron chi connectivity index (χ0n) is 15.0. The Morgan fingerprint density at radius 1 is 1.00 bits per heavy atom. The van der Waals surface area contributed by atoms with Gasteiger partial charge in [-0.15, -0.1) is 0 Å². The van der Waals surface area contributed by atoms with Crippen LogP contribution < -0.4 is 4.90 Å². The van der Waals surface area contributed by atoms with Crippen molar-refractivity contribution in [3.63, 3.8) is 0 Å². The zero-order valence-corrected chi connectivity index (χ0v) is 15.0. The first-order valence-electron chi connectivity index (χ1n) is 8.88. The average Bonchev–Trinajstić information content (AvgIpc) is 3.15. The van der Waals surface area contributed by atoms with Gasteiger partial charge in [0.05, 0.1) is 6.04 Å². The van der Waals surface area contributed by atoms with Crippen LogP contribution in [-0.4, -0.2) is 51.2 Å². The fraction of sp³-hybridized carbons (Fsp3) is 0.368. The summed E-state index contributed by atoms with van der Waals surface area (Å²) in [5, 5.41) is 4.05. The molecule has 2 aromatic heterocycles. The topological polar surface area (TPSA) is 71.2 Å². The average molecular weight is 350 g/mol. The van der Waals surface area contributed by atoms with Crippen LogP contribution in [0.3, 0.4) is 0 Å². The van der Waals surface area contributed by atoms with Crippen molar-refractivity contribution < 1.29 is 4.52 Å². The molecule has 1 fully saturated rings. The summed E-state index contributed by atoms with van der Waals surface area (Å²) in [6.07, 6.45) is 1.84. The molecule has 3 aromatic rings. The highest BCUT2D eigenvalue weighted by atomic mass is 16.5. The second-order valence-electron chi connectivity index (χ2n) is 6.48. The summed E-state index contributed by atoms with van der Waals surface area (Å²) in [5.41, 5.74) is 1.04. The van der Waals surface area contributed by atoms with Crippen LogP contribution in [0.25, 0.3) is 11.4 Å². The number of benzene rings is 1. The summed E-state index contributed by atoms with van der Waals surface area (Å²) < 4.78 is 5.11.